The molecule has 1 saturated heterocycles. The molecule has 0 radical (unpaired) electrons. The SMILES string of the molecule is FC(F)(F)N1CCC[C@@H](NC2CC2)C1. The van der Waals surface area contributed by atoms with Gasteiger partial charge in [0.05, 0.1) is 0 Å². The van der Waals surface area contributed by atoms with Gasteiger partial charge in [0.25, 0.3) is 0 Å². The molecule has 1 aliphatic heterocycles. The van der Waals surface area contributed by atoms with Crippen LogP contribution in [0.2, 0.25) is 0 Å². The Hall–Kier alpha value is -0.290. The van der Waals surface area contributed by atoms with Crippen LogP contribution in [0.1, 0.15) is 25.7 Å². The number of likely N-dealkylation sites (tertiary alicyclic amines) is 1. The molecule has 1 N–H and O–H groups in total. The minimum absolute atomic E-state index is 0.0397. The molecule has 0 spiro atoms. The van der Waals surface area contributed by atoms with Gasteiger partial charge < -0.3 is 5.32 Å². The van der Waals surface area contributed by atoms with Crippen LogP contribution in [0.3, 0.4) is 0 Å². The molecule has 1 aliphatic carbocycles. The van der Waals surface area contributed by atoms with Crippen LogP contribution in [0.15, 0.2) is 0 Å². The van der Waals surface area contributed by atoms with Crippen molar-refractivity contribution in [3.05, 3.63) is 0 Å². The fourth-order valence-electron chi connectivity index (χ4n) is 1.93. The lowest BCUT2D eigenvalue weighted by atomic mass is 10.1. The summed E-state index contributed by atoms with van der Waals surface area (Å²) in [7, 11) is 0. The molecule has 0 aromatic heterocycles. The summed E-state index contributed by atoms with van der Waals surface area (Å²) in [5, 5.41) is 3.25. The minimum atomic E-state index is -4.15. The van der Waals surface area contributed by atoms with E-state index in [0.717, 1.165) is 19.3 Å². The van der Waals surface area contributed by atoms with E-state index in [4.69, 9.17) is 0 Å². The fourth-order valence-corrected chi connectivity index (χ4v) is 1.93. The maximum absolute atomic E-state index is 12.4. The monoisotopic (exact) mass is 208 g/mol. The second kappa shape index (κ2) is 3.70. The Kier molecular flexibility index (Phi) is 2.70. The van der Waals surface area contributed by atoms with Crippen molar-refractivity contribution in [1.82, 2.24) is 10.2 Å². The number of nitrogens with zero attached hydrogens (tertiary/aromatic N) is 1. The van der Waals surface area contributed by atoms with E-state index in [0.29, 0.717) is 17.4 Å². The highest BCUT2D eigenvalue weighted by atomic mass is 19.4. The summed E-state index contributed by atoms with van der Waals surface area (Å²) in [5.41, 5.74) is 0. The van der Waals surface area contributed by atoms with Gasteiger partial charge in [0, 0.05) is 25.2 Å². The predicted octanol–water partition coefficient (Wildman–Crippen LogP) is 1.72. The Morgan fingerprint density at radius 3 is 2.36 bits per heavy atom. The topological polar surface area (TPSA) is 15.3 Å². The van der Waals surface area contributed by atoms with E-state index in [2.05, 4.69) is 5.32 Å². The average molecular weight is 208 g/mol. The van der Waals surface area contributed by atoms with Gasteiger partial charge in [-0.3, -0.25) is 0 Å². The van der Waals surface area contributed by atoms with Crippen molar-refractivity contribution in [2.24, 2.45) is 0 Å². The zero-order valence-electron chi connectivity index (χ0n) is 7.98. The van der Waals surface area contributed by atoms with Gasteiger partial charge in [-0.1, -0.05) is 0 Å². The molecule has 14 heavy (non-hydrogen) atoms. The zero-order chi connectivity index (χ0) is 10.2. The van der Waals surface area contributed by atoms with E-state index in [1.807, 2.05) is 0 Å². The van der Waals surface area contributed by atoms with Gasteiger partial charge >= 0.3 is 6.30 Å². The third-order valence-corrected chi connectivity index (χ3v) is 2.83. The minimum Gasteiger partial charge on any atom is -0.310 e. The Bertz CT molecular complexity index is 201. The molecule has 2 rings (SSSR count). The van der Waals surface area contributed by atoms with Crippen molar-refractivity contribution in [3.8, 4) is 0 Å². The first-order valence-corrected chi connectivity index (χ1v) is 5.13. The molecule has 1 saturated carbocycles. The van der Waals surface area contributed by atoms with E-state index < -0.39 is 6.30 Å². The largest absolute Gasteiger partial charge is 0.459 e. The predicted molar refractivity (Wildman–Crippen MR) is 46.8 cm³/mol. The van der Waals surface area contributed by atoms with Crippen LogP contribution < -0.4 is 5.32 Å². The normalized spacial score (nSPS) is 30.6. The molecule has 5 heteroatoms. The number of nitrogens with one attached hydrogen (secondary N) is 1. The number of hydrogen-bond donors (Lipinski definition) is 1. The zero-order valence-corrected chi connectivity index (χ0v) is 7.98. The third kappa shape index (κ3) is 2.60. The first-order chi connectivity index (χ1) is 6.55. The molecule has 82 valence electrons. The van der Waals surface area contributed by atoms with Gasteiger partial charge in [-0.25, -0.2) is 4.90 Å². The lowest BCUT2D eigenvalue weighted by Crippen LogP contribution is -2.51. The summed E-state index contributed by atoms with van der Waals surface area (Å²) in [5.74, 6) is 0. The summed E-state index contributed by atoms with van der Waals surface area (Å²) in [6.07, 6.45) is -0.373. The summed E-state index contributed by atoms with van der Waals surface area (Å²) in [6, 6.07) is 0.533. The van der Waals surface area contributed by atoms with E-state index in [-0.39, 0.29) is 19.1 Å². The van der Waals surface area contributed by atoms with Crippen LogP contribution in [0.25, 0.3) is 0 Å². The molecule has 0 unspecified atom stereocenters. The fraction of sp³-hybridized carbons (Fsp3) is 1.00. The molecule has 0 aromatic rings. The van der Waals surface area contributed by atoms with Crippen molar-refractivity contribution < 1.29 is 13.2 Å². The Morgan fingerprint density at radius 1 is 1.07 bits per heavy atom. The van der Waals surface area contributed by atoms with Gasteiger partial charge in [-0.15, -0.1) is 0 Å². The molecular weight excluding hydrogens is 193 g/mol. The van der Waals surface area contributed by atoms with Crippen LogP contribution >= 0.6 is 0 Å². The van der Waals surface area contributed by atoms with Crippen LogP contribution in [-0.4, -0.2) is 36.4 Å². The van der Waals surface area contributed by atoms with Gasteiger partial charge in [0.2, 0.25) is 0 Å². The van der Waals surface area contributed by atoms with Crippen molar-refractivity contribution in [2.75, 3.05) is 13.1 Å². The second-order valence-corrected chi connectivity index (χ2v) is 4.19. The first kappa shape index (κ1) is 10.2. The summed E-state index contributed by atoms with van der Waals surface area (Å²) < 4.78 is 37.1. The smallest absolute Gasteiger partial charge is 0.310 e. The van der Waals surface area contributed by atoms with E-state index in [1.54, 1.807) is 0 Å². The molecule has 2 fully saturated rings. The molecule has 1 heterocycles. The molecule has 1 atom stereocenters. The number of rotatable bonds is 2. The molecular formula is C9H15F3N2. The van der Waals surface area contributed by atoms with Crippen molar-refractivity contribution in [3.63, 3.8) is 0 Å². The number of hydrogen-bond acceptors (Lipinski definition) is 2. The highest BCUT2D eigenvalue weighted by Crippen LogP contribution is 2.27. The van der Waals surface area contributed by atoms with Gasteiger partial charge in [-0.2, -0.15) is 13.2 Å². The van der Waals surface area contributed by atoms with Crippen molar-refractivity contribution >= 4 is 0 Å². The standard InChI is InChI=1S/C9H15F3N2/c10-9(11,12)14-5-1-2-8(6-14)13-7-3-4-7/h7-8,13H,1-6H2/t8-/m1/s1. The molecule has 2 aliphatic rings. The number of alkyl halides is 3. The first-order valence-electron chi connectivity index (χ1n) is 5.13. The Labute approximate surface area is 81.5 Å². The van der Waals surface area contributed by atoms with E-state index in [1.165, 1.54) is 0 Å². The van der Waals surface area contributed by atoms with E-state index in [9.17, 15) is 13.2 Å². The second-order valence-electron chi connectivity index (χ2n) is 4.19. The van der Waals surface area contributed by atoms with E-state index >= 15 is 0 Å². The molecule has 0 aromatic carbocycles. The van der Waals surface area contributed by atoms with Crippen LogP contribution in [0.5, 0.6) is 0 Å². The highest BCUT2D eigenvalue weighted by molar-refractivity contribution is 4.88. The molecule has 0 bridgehead atoms. The summed E-state index contributed by atoms with van der Waals surface area (Å²) in [6.45, 7) is 0.284. The highest BCUT2D eigenvalue weighted by Gasteiger charge is 2.40. The van der Waals surface area contributed by atoms with Gasteiger partial charge in [0.1, 0.15) is 0 Å². The number of halogens is 3. The van der Waals surface area contributed by atoms with Crippen LogP contribution in [-0.2, 0) is 0 Å². The molecule has 2 nitrogen and oxygen atoms in total. The average Bonchev–Trinajstić information content (AvgIpc) is 2.87. The third-order valence-electron chi connectivity index (χ3n) is 2.83. The molecule has 0 amide bonds. The summed E-state index contributed by atoms with van der Waals surface area (Å²) >= 11 is 0. The van der Waals surface area contributed by atoms with Gasteiger partial charge in [-0.05, 0) is 25.7 Å². The maximum Gasteiger partial charge on any atom is 0.459 e. The summed E-state index contributed by atoms with van der Waals surface area (Å²) in [4.78, 5) is 0.622. The number of piperidine rings is 1. The van der Waals surface area contributed by atoms with Crippen molar-refractivity contribution in [2.45, 2.75) is 44.1 Å². The quantitative estimate of drug-likeness (QED) is 0.695. The maximum atomic E-state index is 12.4. The Morgan fingerprint density at radius 2 is 1.79 bits per heavy atom. The van der Waals surface area contributed by atoms with Crippen LogP contribution in [0, 0.1) is 0 Å². The lowest BCUT2D eigenvalue weighted by Gasteiger charge is -2.34. The van der Waals surface area contributed by atoms with Crippen LogP contribution in [0.4, 0.5) is 13.2 Å². The lowest BCUT2D eigenvalue weighted by molar-refractivity contribution is -0.251. The van der Waals surface area contributed by atoms with Gasteiger partial charge in [0.15, 0.2) is 0 Å². The Balaban J connectivity index is 1.83. The van der Waals surface area contributed by atoms with Crippen molar-refractivity contribution in [1.29, 1.82) is 0 Å².